The minimum absolute atomic E-state index is 0.0484. The van der Waals surface area contributed by atoms with E-state index < -0.39 is 52.8 Å². The summed E-state index contributed by atoms with van der Waals surface area (Å²) >= 11 is 0. The van der Waals surface area contributed by atoms with Gasteiger partial charge in [-0.3, -0.25) is 9.80 Å². The maximum atomic E-state index is 17.8. The van der Waals surface area contributed by atoms with E-state index in [1.165, 1.54) is 25.3 Å². The van der Waals surface area contributed by atoms with Gasteiger partial charge in [0.1, 0.15) is 41.2 Å². The summed E-state index contributed by atoms with van der Waals surface area (Å²) in [5, 5.41) is -0.0297. The molecule has 0 unspecified atom stereocenters. The van der Waals surface area contributed by atoms with Crippen molar-refractivity contribution in [1.82, 2.24) is 24.8 Å². The molecule has 0 aliphatic carbocycles. The van der Waals surface area contributed by atoms with Gasteiger partial charge >= 0.3 is 18.5 Å². The van der Waals surface area contributed by atoms with Crippen molar-refractivity contribution in [3.8, 4) is 28.8 Å². The van der Waals surface area contributed by atoms with Crippen LogP contribution < -0.4 is 19.1 Å². The summed E-state index contributed by atoms with van der Waals surface area (Å²) in [7, 11) is 1.38. The predicted octanol–water partition coefficient (Wildman–Crippen LogP) is 8.64. The Hall–Kier alpha value is -4.84. The Morgan fingerprint density at radius 2 is 1.77 bits per heavy atom. The van der Waals surface area contributed by atoms with Crippen molar-refractivity contribution in [3.63, 3.8) is 0 Å². The molecular formula is C43H48F6N6O6. The number of rotatable bonds is 8. The topological polar surface area (TPSA) is 112 Å². The first kappa shape index (κ1) is 41.5. The fraction of sp³-hybridized carbons (Fsp3) is 0.581. The number of ether oxygens (including phenoxy) is 5. The van der Waals surface area contributed by atoms with E-state index in [4.69, 9.17) is 28.9 Å². The van der Waals surface area contributed by atoms with Gasteiger partial charge in [0.15, 0.2) is 24.2 Å². The number of piperazine rings is 1. The highest BCUT2D eigenvalue weighted by molar-refractivity contribution is 6.04. The summed E-state index contributed by atoms with van der Waals surface area (Å²) in [4.78, 5) is 34.2. The molecule has 2 aromatic heterocycles. The zero-order valence-corrected chi connectivity index (χ0v) is 34.4. The van der Waals surface area contributed by atoms with Crippen LogP contribution in [0.25, 0.3) is 32.9 Å². The van der Waals surface area contributed by atoms with Crippen LogP contribution in [0.4, 0.5) is 37.0 Å². The molecule has 0 spiro atoms. The number of aryl methyl sites for hydroxylation is 1. The molecule has 0 saturated carbocycles. The molecule has 61 heavy (non-hydrogen) atoms. The van der Waals surface area contributed by atoms with E-state index >= 15 is 8.78 Å². The highest BCUT2D eigenvalue weighted by Gasteiger charge is 2.52. The quantitative estimate of drug-likeness (QED) is 0.125. The number of anilines is 1. The van der Waals surface area contributed by atoms with Crippen LogP contribution >= 0.6 is 0 Å². The third-order valence-electron chi connectivity index (χ3n) is 12.7. The van der Waals surface area contributed by atoms with Crippen molar-refractivity contribution < 1.29 is 54.8 Å². The van der Waals surface area contributed by atoms with Crippen LogP contribution in [0.3, 0.4) is 0 Å². The number of carbonyl (C=O) groups excluding carboxylic acids is 1. The van der Waals surface area contributed by atoms with Crippen LogP contribution in [0.5, 0.6) is 17.5 Å². The van der Waals surface area contributed by atoms with E-state index in [9.17, 15) is 22.4 Å². The SMILES string of the molecule is COCOc1cc(-c2nc3c4c(nc(OC[C@@]56CCCN5C[C@H](F)C6)nc4c2F)N2C[C@H]4CC[C@@H]([C@H]2CCCC3)N4C(=O)OC(C)(C)C)c2c(OC(F)(F)F)c(F)ccc2c1. The van der Waals surface area contributed by atoms with E-state index in [0.29, 0.717) is 62.0 Å². The van der Waals surface area contributed by atoms with E-state index in [1.807, 2.05) is 25.7 Å². The van der Waals surface area contributed by atoms with Crippen molar-refractivity contribution in [2.45, 2.75) is 120 Å². The fourth-order valence-electron chi connectivity index (χ4n) is 10.4. The number of hydrogen-bond donors (Lipinski definition) is 0. The third-order valence-corrected chi connectivity index (χ3v) is 12.7. The summed E-state index contributed by atoms with van der Waals surface area (Å²) in [5.41, 5.74) is -1.77. The van der Waals surface area contributed by atoms with Gasteiger partial charge < -0.3 is 28.6 Å². The van der Waals surface area contributed by atoms with Gasteiger partial charge in [0.2, 0.25) is 0 Å². The average Bonchev–Trinajstić information content (AvgIpc) is 3.85. The number of nitrogens with zero attached hydrogens (tertiary/aromatic N) is 6. The first-order chi connectivity index (χ1) is 29.0. The minimum Gasteiger partial charge on any atom is -0.468 e. The molecule has 4 fully saturated rings. The molecule has 5 aliphatic rings. The zero-order valence-electron chi connectivity index (χ0n) is 34.4. The largest absolute Gasteiger partial charge is 0.573 e. The first-order valence-electron chi connectivity index (χ1n) is 20.9. The molecule has 7 heterocycles. The monoisotopic (exact) mass is 858 g/mol. The van der Waals surface area contributed by atoms with Crippen LogP contribution in [0.1, 0.15) is 77.8 Å². The Kier molecular flexibility index (Phi) is 10.5. The number of amides is 1. The third kappa shape index (κ3) is 7.71. The summed E-state index contributed by atoms with van der Waals surface area (Å²) < 4.78 is 117. The molecule has 4 saturated heterocycles. The highest BCUT2D eigenvalue weighted by Crippen LogP contribution is 2.47. The second-order valence-electron chi connectivity index (χ2n) is 17.8. The van der Waals surface area contributed by atoms with Crippen LogP contribution in [-0.4, -0.2) is 113 Å². The lowest BCUT2D eigenvalue weighted by Gasteiger charge is -2.47. The molecule has 12 nitrogen and oxygen atoms in total. The predicted molar refractivity (Wildman–Crippen MR) is 211 cm³/mol. The molecule has 2 bridgehead atoms. The van der Waals surface area contributed by atoms with E-state index in [1.54, 1.807) is 0 Å². The number of benzene rings is 2. The number of carbonyl (C=O) groups is 1. The van der Waals surface area contributed by atoms with Crippen molar-refractivity contribution in [1.29, 1.82) is 0 Å². The maximum absolute atomic E-state index is 17.8. The Bertz CT molecular complexity index is 2360. The summed E-state index contributed by atoms with van der Waals surface area (Å²) in [6.45, 7) is 6.62. The lowest BCUT2D eigenvalue weighted by atomic mass is 9.95. The number of hydrogen-bond acceptors (Lipinski definition) is 11. The van der Waals surface area contributed by atoms with Gasteiger partial charge in [-0.25, -0.2) is 22.9 Å². The van der Waals surface area contributed by atoms with E-state index in [2.05, 4.69) is 19.5 Å². The van der Waals surface area contributed by atoms with Crippen molar-refractivity contribution in [2.75, 3.05) is 45.0 Å². The lowest BCUT2D eigenvalue weighted by Crippen LogP contribution is -2.62. The van der Waals surface area contributed by atoms with Crippen LogP contribution in [-0.2, 0) is 15.9 Å². The first-order valence-corrected chi connectivity index (χ1v) is 20.9. The minimum atomic E-state index is -5.29. The number of alkyl halides is 4. The van der Waals surface area contributed by atoms with Crippen molar-refractivity contribution in [3.05, 3.63) is 41.6 Å². The van der Waals surface area contributed by atoms with Gasteiger partial charge in [-0.1, -0.05) is 12.5 Å². The molecule has 5 atom stereocenters. The van der Waals surface area contributed by atoms with Crippen molar-refractivity contribution in [2.24, 2.45) is 0 Å². The van der Waals surface area contributed by atoms with Crippen LogP contribution in [0, 0.1) is 11.6 Å². The van der Waals surface area contributed by atoms with Crippen molar-refractivity contribution >= 4 is 33.6 Å². The van der Waals surface area contributed by atoms with E-state index in [0.717, 1.165) is 25.5 Å². The molecular weight excluding hydrogens is 810 g/mol. The fourth-order valence-corrected chi connectivity index (χ4v) is 10.4. The Labute approximate surface area is 348 Å². The van der Waals surface area contributed by atoms with Crippen LogP contribution in [0.15, 0.2) is 24.3 Å². The molecule has 328 valence electrons. The number of aromatic nitrogens is 3. The molecule has 9 rings (SSSR count). The zero-order chi connectivity index (χ0) is 43.0. The van der Waals surface area contributed by atoms with E-state index in [-0.39, 0.29) is 78.1 Å². The standard InChI is InChI=1S/C43H48F6N6O6/c1-41(2,3)61-40(56)55-25-11-13-31(55)30-9-6-5-8-29-33-36(51-39(52-38(33)54(30)20-25)58-21-42-14-7-15-53(42)19-24(44)18-42)34(46)35(50-29)27-17-26(59-22-57-4)16-23-10-12-28(45)37(32(23)27)60-43(47,48)49/h10,12,16-17,24-25,30-31H,5-9,11,13-15,18-22H2,1-4H3/t24-,25-,30-,31+,42+/m1/s1. The Balaban J connectivity index is 1.24. The molecule has 0 N–H and O–H groups in total. The molecule has 2 aromatic carbocycles. The molecule has 4 aromatic rings. The van der Waals surface area contributed by atoms with Crippen LogP contribution in [0.2, 0.25) is 0 Å². The Morgan fingerprint density at radius 3 is 2.54 bits per heavy atom. The molecule has 0 radical (unpaired) electrons. The maximum Gasteiger partial charge on any atom is 0.573 e. The number of fused-ring (bicyclic) bond motifs is 7. The van der Waals surface area contributed by atoms with Gasteiger partial charge in [0.25, 0.3) is 0 Å². The van der Waals surface area contributed by atoms with Gasteiger partial charge in [-0.05, 0) is 95.8 Å². The molecule has 18 heteroatoms. The van der Waals surface area contributed by atoms with Gasteiger partial charge in [-0.15, -0.1) is 13.2 Å². The summed E-state index contributed by atoms with van der Waals surface area (Å²) in [6.07, 6.45) is -1.23. The lowest BCUT2D eigenvalue weighted by molar-refractivity contribution is -0.275. The second kappa shape index (κ2) is 15.5. The summed E-state index contributed by atoms with van der Waals surface area (Å²) in [5.74, 6) is -3.05. The number of methoxy groups -OCH3 is 1. The normalized spacial score (nSPS) is 25.3. The highest BCUT2D eigenvalue weighted by atomic mass is 19.4. The van der Waals surface area contributed by atoms with Gasteiger partial charge in [0, 0.05) is 37.6 Å². The molecule has 5 aliphatic heterocycles. The van der Waals surface area contributed by atoms with Gasteiger partial charge in [-0.2, -0.15) is 9.97 Å². The molecule has 1 amide bonds. The van der Waals surface area contributed by atoms with Gasteiger partial charge in [0.05, 0.1) is 34.7 Å². The number of pyridine rings is 1. The second-order valence-corrected chi connectivity index (χ2v) is 17.8. The number of halogens is 6. The average molecular weight is 859 g/mol. The smallest absolute Gasteiger partial charge is 0.468 e. The summed E-state index contributed by atoms with van der Waals surface area (Å²) in [6, 6.07) is 3.81. The Morgan fingerprint density at radius 1 is 0.951 bits per heavy atom.